The Morgan fingerprint density at radius 2 is 1.25 bits per heavy atom. The highest BCUT2D eigenvalue weighted by Crippen LogP contribution is 2.64. The molecule has 3 heterocycles. The van der Waals surface area contributed by atoms with Crippen molar-refractivity contribution in [2.24, 2.45) is 0 Å². The topological polar surface area (TPSA) is 6.48 Å². The zero-order chi connectivity index (χ0) is 41.4. The Morgan fingerprint density at radius 1 is 0.610 bits per heavy atom. The van der Waals surface area contributed by atoms with Gasteiger partial charge >= 0.3 is 0 Å². The van der Waals surface area contributed by atoms with Gasteiger partial charge in [-0.3, -0.25) is 0 Å². The van der Waals surface area contributed by atoms with E-state index in [4.69, 9.17) is 0 Å². The lowest BCUT2D eigenvalue weighted by atomic mass is 9.30. The number of nitrogens with zero attached hydrogens (tertiary/aromatic N) is 2. The highest BCUT2D eigenvalue weighted by atomic mass is 15.3. The summed E-state index contributed by atoms with van der Waals surface area (Å²) in [6.07, 6.45) is 7.40. The number of anilines is 4. The Hall–Kier alpha value is -4.50. The van der Waals surface area contributed by atoms with Gasteiger partial charge in [0.05, 0.1) is 5.54 Å². The fourth-order valence-electron chi connectivity index (χ4n) is 13.3. The molecule has 59 heavy (non-hydrogen) atoms. The van der Waals surface area contributed by atoms with Crippen LogP contribution in [0.15, 0.2) is 96.5 Å². The maximum absolute atomic E-state index is 2.90. The summed E-state index contributed by atoms with van der Waals surface area (Å²) in [5, 5.41) is 0. The van der Waals surface area contributed by atoms with Gasteiger partial charge in [-0.1, -0.05) is 142 Å². The van der Waals surface area contributed by atoms with Crippen molar-refractivity contribution in [2.75, 3.05) is 9.80 Å². The monoisotopic (exact) mass is 775 g/mol. The molecule has 3 heteroatoms. The zero-order valence-corrected chi connectivity index (χ0v) is 37.9. The van der Waals surface area contributed by atoms with E-state index in [1.54, 1.807) is 22.2 Å². The van der Waals surface area contributed by atoms with Gasteiger partial charge in [0.1, 0.15) is 0 Å². The van der Waals surface area contributed by atoms with Crippen molar-refractivity contribution in [2.45, 2.75) is 154 Å². The summed E-state index contributed by atoms with van der Waals surface area (Å²) in [4.78, 5) is 5.63. The van der Waals surface area contributed by atoms with Crippen LogP contribution in [0.1, 0.15) is 154 Å². The minimum absolute atomic E-state index is 0.0254. The molecule has 5 aromatic rings. The average Bonchev–Trinajstić information content (AvgIpc) is 3.55. The van der Waals surface area contributed by atoms with Gasteiger partial charge < -0.3 is 9.80 Å². The number of rotatable bonds is 2. The molecule has 0 N–H and O–H groups in total. The molecule has 6 aliphatic rings. The highest BCUT2D eigenvalue weighted by Gasteiger charge is 2.63. The second-order valence-corrected chi connectivity index (χ2v) is 22.9. The molecule has 2 unspecified atom stereocenters. The summed E-state index contributed by atoms with van der Waals surface area (Å²) < 4.78 is 0. The average molecular weight is 775 g/mol. The van der Waals surface area contributed by atoms with Gasteiger partial charge in [0, 0.05) is 44.8 Å². The molecule has 0 aromatic heterocycles. The predicted octanol–water partition coefficient (Wildman–Crippen LogP) is 13.4. The molecule has 2 atom stereocenters. The first kappa shape index (κ1) is 37.5. The molecule has 3 aliphatic carbocycles. The van der Waals surface area contributed by atoms with Crippen molar-refractivity contribution in [3.8, 4) is 11.1 Å². The van der Waals surface area contributed by atoms with Gasteiger partial charge in [0.25, 0.3) is 0 Å². The minimum Gasteiger partial charge on any atom is -0.335 e. The van der Waals surface area contributed by atoms with Crippen LogP contribution < -0.4 is 20.7 Å². The molecule has 0 saturated heterocycles. The van der Waals surface area contributed by atoms with E-state index in [1.807, 2.05) is 0 Å². The van der Waals surface area contributed by atoms with E-state index in [9.17, 15) is 0 Å². The van der Waals surface area contributed by atoms with Crippen LogP contribution in [-0.2, 0) is 27.1 Å². The van der Waals surface area contributed by atoms with Gasteiger partial charge in [-0.2, -0.15) is 0 Å². The molecule has 0 spiro atoms. The molecule has 300 valence electrons. The zero-order valence-electron chi connectivity index (χ0n) is 37.9. The second kappa shape index (κ2) is 11.7. The van der Waals surface area contributed by atoms with Crippen molar-refractivity contribution in [1.29, 1.82) is 0 Å². The van der Waals surface area contributed by atoms with Gasteiger partial charge in [-0.05, 0) is 148 Å². The Labute approximate surface area is 355 Å². The normalized spacial score (nSPS) is 24.9. The van der Waals surface area contributed by atoms with E-state index < -0.39 is 0 Å². The Kier molecular flexibility index (Phi) is 7.41. The van der Waals surface area contributed by atoms with Crippen LogP contribution in [0.5, 0.6) is 0 Å². The van der Waals surface area contributed by atoms with Crippen molar-refractivity contribution < 1.29 is 0 Å². The number of aryl methyl sites for hydroxylation is 1. The third-order valence-corrected chi connectivity index (χ3v) is 17.1. The van der Waals surface area contributed by atoms with Crippen molar-refractivity contribution >= 4 is 46.1 Å². The van der Waals surface area contributed by atoms with E-state index in [0.29, 0.717) is 0 Å². The van der Waals surface area contributed by atoms with Crippen LogP contribution in [0.4, 0.5) is 22.7 Å². The number of fused-ring (bicyclic) bond motifs is 9. The Bertz CT molecular complexity index is 2670. The summed E-state index contributed by atoms with van der Waals surface area (Å²) in [6, 6.07) is 36.6. The predicted molar refractivity (Wildman–Crippen MR) is 253 cm³/mol. The third-order valence-electron chi connectivity index (χ3n) is 17.1. The van der Waals surface area contributed by atoms with E-state index >= 15 is 0 Å². The molecule has 3 aliphatic heterocycles. The summed E-state index contributed by atoms with van der Waals surface area (Å²) in [7, 11) is 0. The molecule has 5 aromatic carbocycles. The maximum atomic E-state index is 2.90. The van der Waals surface area contributed by atoms with Crippen LogP contribution in [0.25, 0.3) is 16.8 Å². The molecule has 0 amide bonds. The molecule has 2 nitrogen and oxygen atoms in total. The highest BCUT2D eigenvalue weighted by molar-refractivity contribution is 6.96. The number of benzene rings is 5. The third kappa shape index (κ3) is 4.77. The van der Waals surface area contributed by atoms with Gasteiger partial charge in [0.2, 0.25) is 6.71 Å². The first-order chi connectivity index (χ1) is 27.8. The molecule has 0 bridgehead atoms. The maximum Gasteiger partial charge on any atom is 0.248 e. The molecular weight excluding hydrogens is 711 g/mol. The van der Waals surface area contributed by atoms with Crippen LogP contribution in [0, 0.1) is 6.92 Å². The second-order valence-electron chi connectivity index (χ2n) is 22.9. The van der Waals surface area contributed by atoms with E-state index in [-0.39, 0.29) is 39.3 Å². The first-order valence-electron chi connectivity index (χ1n) is 22.8. The van der Waals surface area contributed by atoms with E-state index in [2.05, 4.69) is 184 Å². The van der Waals surface area contributed by atoms with E-state index in [0.717, 1.165) is 0 Å². The molecular formula is C56H63BN2. The molecule has 0 radical (unpaired) electrons. The fraction of sp³-hybridized carbons (Fsp3) is 0.429. The number of hydrogen-bond donors (Lipinski definition) is 0. The lowest BCUT2D eigenvalue weighted by molar-refractivity contribution is 0.195. The Morgan fingerprint density at radius 3 is 1.93 bits per heavy atom. The van der Waals surface area contributed by atoms with Crippen LogP contribution in [0.3, 0.4) is 0 Å². The first-order valence-corrected chi connectivity index (χ1v) is 22.8. The smallest absolute Gasteiger partial charge is 0.248 e. The van der Waals surface area contributed by atoms with Crippen molar-refractivity contribution in [3.63, 3.8) is 0 Å². The standard InChI is InChI=1S/C56H63BN2/c1-34-28-45-47-46(29-34)59-49-43(55(11)24-16-17-25-56(55,59)12)30-36(35-18-14-13-15-19-35)31-44(49)57(47)50-48(58(45)38-22-20-37(21-23-38)51(2,3)4)39-32-41-42(33-40(39)54(50,9)10)53(7,8)27-26-52(41,5)6/h13-15,18-23,28-33H,16-17,24-27H2,1-12H3. The fourth-order valence-corrected chi connectivity index (χ4v) is 13.3. The molecule has 1 saturated carbocycles. The summed E-state index contributed by atoms with van der Waals surface area (Å²) in [6.45, 7) is 29.8. The molecule has 11 rings (SSSR count). The van der Waals surface area contributed by atoms with Crippen molar-refractivity contribution in [3.05, 3.63) is 135 Å². The van der Waals surface area contributed by atoms with Gasteiger partial charge in [-0.25, -0.2) is 0 Å². The largest absolute Gasteiger partial charge is 0.335 e. The summed E-state index contributed by atoms with van der Waals surface area (Å²) >= 11 is 0. The summed E-state index contributed by atoms with van der Waals surface area (Å²) in [5.74, 6) is 0. The van der Waals surface area contributed by atoms with Crippen LogP contribution in [0.2, 0.25) is 0 Å². The van der Waals surface area contributed by atoms with Gasteiger partial charge in [0.15, 0.2) is 0 Å². The van der Waals surface area contributed by atoms with E-state index in [1.165, 1.54) is 111 Å². The number of allylic oxidation sites excluding steroid dienone is 1. The Balaban J connectivity index is 1.28. The summed E-state index contributed by atoms with van der Waals surface area (Å²) in [5.41, 5.74) is 24.7. The lowest BCUT2D eigenvalue weighted by Crippen LogP contribution is -2.62. The quantitative estimate of drug-likeness (QED) is 0.165. The van der Waals surface area contributed by atoms with Crippen LogP contribution in [-0.4, -0.2) is 12.3 Å². The van der Waals surface area contributed by atoms with Crippen molar-refractivity contribution in [1.82, 2.24) is 0 Å². The molecule has 1 fully saturated rings. The lowest BCUT2D eigenvalue weighted by Gasteiger charge is -2.53. The SMILES string of the molecule is Cc1cc2c3c(c1)N1c4c(cc(-c5ccccc5)cc4C4(C)CCCCC14C)B3C1=C(c3cc4c(cc3C1(C)C)C(C)(C)CCC4(C)C)N2c1ccc(C(C)(C)C)cc1. The van der Waals surface area contributed by atoms with Crippen LogP contribution >= 0.6 is 0 Å². The number of hydrogen-bond acceptors (Lipinski definition) is 2. The minimum atomic E-state index is -0.206. The van der Waals surface area contributed by atoms with Gasteiger partial charge in [-0.15, -0.1) is 0 Å².